The van der Waals surface area contributed by atoms with Gasteiger partial charge in [-0.3, -0.25) is 9.89 Å². The van der Waals surface area contributed by atoms with Crippen molar-refractivity contribution in [3.8, 4) is 0 Å². The van der Waals surface area contributed by atoms with E-state index in [1.54, 1.807) is 10.4 Å². The van der Waals surface area contributed by atoms with Gasteiger partial charge in [-0.05, 0) is 50.5 Å². The number of hydrogen-bond acceptors (Lipinski definition) is 4. The molecule has 1 aliphatic carbocycles. The molecule has 0 radical (unpaired) electrons. The number of likely N-dealkylation sites (tertiary alicyclic amines) is 1. The molecule has 21 heavy (non-hydrogen) atoms. The van der Waals surface area contributed by atoms with E-state index in [9.17, 15) is 0 Å². The molecule has 2 atom stereocenters. The minimum absolute atomic E-state index is 0.282. The molecule has 1 N–H and O–H groups in total. The minimum atomic E-state index is 0.282. The number of nitrogens with one attached hydrogen (secondary N) is 1. The van der Waals surface area contributed by atoms with E-state index in [1.807, 2.05) is 17.7 Å². The second-order valence-corrected chi connectivity index (χ2v) is 7.65. The number of thiophene rings is 1. The van der Waals surface area contributed by atoms with E-state index in [4.69, 9.17) is 4.99 Å². The van der Waals surface area contributed by atoms with Gasteiger partial charge in [-0.15, -0.1) is 11.3 Å². The summed E-state index contributed by atoms with van der Waals surface area (Å²) in [6.07, 6.45) is 12.8. The van der Waals surface area contributed by atoms with Crippen LogP contribution in [0.25, 0.3) is 0 Å². The van der Waals surface area contributed by atoms with Crippen molar-refractivity contribution < 1.29 is 0 Å². The fourth-order valence-electron chi connectivity index (χ4n) is 4.25. The van der Waals surface area contributed by atoms with E-state index in [0.29, 0.717) is 6.04 Å². The zero-order valence-electron chi connectivity index (χ0n) is 12.9. The molecule has 1 saturated heterocycles. The molecule has 0 aromatic carbocycles. The quantitative estimate of drug-likeness (QED) is 0.880. The van der Waals surface area contributed by atoms with Crippen LogP contribution in [-0.2, 0) is 12.8 Å². The summed E-state index contributed by atoms with van der Waals surface area (Å²) in [5.41, 5.74) is 3.16. The van der Waals surface area contributed by atoms with Crippen LogP contribution < -0.4 is 5.32 Å². The van der Waals surface area contributed by atoms with E-state index >= 15 is 0 Å². The van der Waals surface area contributed by atoms with Crippen molar-refractivity contribution in [2.24, 2.45) is 4.99 Å². The van der Waals surface area contributed by atoms with Crippen LogP contribution in [0.2, 0.25) is 0 Å². The molecule has 0 spiro atoms. The van der Waals surface area contributed by atoms with Gasteiger partial charge in [-0.25, -0.2) is 0 Å². The average molecular weight is 303 g/mol. The fourth-order valence-corrected chi connectivity index (χ4v) is 5.52. The highest BCUT2D eigenvalue weighted by atomic mass is 32.1. The Balaban J connectivity index is 1.72. The molecule has 4 heteroatoms. The number of anilines is 1. The van der Waals surface area contributed by atoms with Crippen molar-refractivity contribution in [2.75, 3.05) is 11.9 Å². The second kappa shape index (κ2) is 5.73. The van der Waals surface area contributed by atoms with E-state index in [0.717, 1.165) is 0 Å². The molecule has 114 valence electrons. The van der Waals surface area contributed by atoms with Crippen molar-refractivity contribution in [3.63, 3.8) is 0 Å². The zero-order valence-corrected chi connectivity index (χ0v) is 13.7. The van der Waals surface area contributed by atoms with Crippen LogP contribution in [0.5, 0.6) is 0 Å². The average Bonchev–Trinajstić information content (AvgIpc) is 2.93. The van der Waals surface area contributed by atoms with Gasteiger partial charge in [-0.2, -0.15) is 0 Å². The van der Waals surface area contributed by atoms with Gasteiger partial charge < -0.3 is 5.32 Å². The Hall–Kier alpha value is -0.870. The number of fused-ring (bicyclic) bond motifs is 3. The lowest BCUT2D eigenvalue weighted by Crippen LogP contribution is -2.42. The molecule has 3 aliphatic rings. The molecular weight excluding hydrogens is 278 g/mol. The number of nitrogens with zero attached hydrogens (tertiary/aromatic N) is 2. The topological polar surface area (TPSA) is 27.6 Å². The molecule has 0 bridgehead atoms. The lowest BCUT2D eigenvalue weighted by atomic mass is 9.92. The summed E-state index contributed by atoms with van der Waals surface area (Å²) in [6.45, 7) is 3.54. The van der Waals surface area contributed by atoms with Crippen LogP contribution in [0.1, 0.15) is 67.6 Å². The van der Waals surface area contributed by atoms with Crippen LogP contribution in [0.3, 0.4) is 0 Å². The predicted molar refractivity (Wildman–Crippen MR) is 90.5 cm³/mol. The second-order valence-electron chi connectivity index (χ2n) is 6.55. The van der Waals surface area contributed by atoms with Crippen LogP contribution in [0.4, 0.5) is 5.00 Å². The first-order valence-electron chi connectivity index (χ1n) is 8.57. The Labute approximate surface area is 131 Å². The highest BCUT2D eigenvalue weighted by Crippen LogP contribution is 2.46. The first kappa shape index (κ1) is 13.8. The monoisotopic (exact) mass is 303 g/mol. The smallest absolute Gasteiger partial charge is 0.133 e. The largest absolute Gasteiger partial charge is 0.338 e. The minimum Gasteiger partial charge on any atom is -0.338 e. The molecule has 2 unspecified atom stereocenters. The number of rotatable bonds is 2. The van der Waals surface area contributed by atoms with Crippen molar-refractivity contribution in [2.45, 2.75) is 70.5 Å². The molecular formula is C17H25N3S. The third-order valence-corrected chi connectivity index (χ3v) is 6.58. The summed E-state index contributed by atoms with van der Waals surface area (Å²) in [4.78, 5) is 9.18. The maximum Gasteiger partial charge on any atom is 0.133 e. The van der Waals surface area contributed by atoms with Crippen LogP contribution in [-0.4, -0.2) is 23.8 Å². The van der Waals surface area contributed by atoms with Gasteiger partial charge in [0.2, 0.25) is 0 Å². The molecule has 3 nitrogen and oxygen atoms in total. The zero-order chi connectivity index (χ0) is 14.2. The number of aliphatic imine (C=N–C) groups is 1. The highest BCUT2D eigenvalue weighted by molar-refractivity contribution is 7.16. The maximum absolute atomic E-state index is 4.87. The Kier molecular flexibility index (Phi) is 3.76. The molecule has 0 amide bonds. The predicted octanol–water partition coefficient (Wildman–Crippen LogP) is 4.34. The summed E-state index contributed by atoms with van der Waals surface area (Å²) >= 11 is 1.99. The van der Waals surface area contributed by atoms with Gasteiger partial charge in [0.05, 0.1) is 6.34 Å². The Morgan fingerprint density at radius 1 is 1.29 bits per heavy atom. The molecule has 1 fully saturated rings. The first-order chi connectivity index (χ1) is 10.4. The molecule has 0 saturated carbocycles. The summed E-state index contributed by atoms with van der Waals surface area (Å²) in [6, 6.07) is 0.714. The van der Waals surface area contributed by atoms with Gasteiger partial charge in [0, 0.05) is 23.0 Å². The van der Waals surface area contributed by atoms with Crippen molar-refractivity contribution >= 4 is 22.7 Å². The SMILES string of the molecule is CCC1CCCCN1C1N=CNc2sc3c(c21)CCCC3. The first-order valence-corrected chi connectivity index (χ1v) is 9.38. The van der Waals surface area contributed by atoms with Crippen molar-refractivity contribution in [3.05, 3.63) is 16.0 Å². The molecule has 1 aromatic rings. The van der Waals surface area contributed by atoms with Crippen molar-refractivity contribution in [1.29, 1.82) is 0 Å². The molecule has 2 aliphatic heterocycles. The Morgan fingerprint density at radius 2 is 2.19 bits per heavy atom. The number of hydrogen-bond donors (Lipinski definition) is 1. The molecule has 1 aromatic heterocycles. The number of piperidine rings is 1. The normalized spacial score (nSPS) is 28.8. The Bertz CT molecular complexity index is 548. The van der Waals surface area contributed by atoms with Gasteiger partial charge in [0.15, 0.2) is 0 Å². The lowest BCUT2D eigenvalue weighted by molar-refractivity contribution is 0.0951. The van der Waals surface area contributed by atoms with Crippen LogP contribution >= 0.6 is 11.3 Å². The molecule has 3 heterocycles. The summed E-state index contributed by atoms with van der Waals surface area (Å²) in [5, 5.41) is 4.80. The van der Waals surface area contributed by atoms with Gasteiger partial charge in [0.1, 0.15) is 11.2 Å². The lowest BCUT2D eigenvalue weighted by Gasteiger charge is -2.40. The maximum atomic E-state index is 4.87. The van der Waals surface area contributed by atoms with E-state index in [2.05, 4.69) is 17.1 Å². The van der Waals surface area contributed by atoms with E-state index < -0.39 is 0 Å². The highest BCUT2D eigenvalue weighted by Gasteiger charge is 2.35. The Morgan fingerprint density at radius 3 is 3.10 bits per heavy atom. The third kappa shape index (κ3) is 2.33. The van der Waals surface area contributed by atoms with Gasteiger partial charge >= 0.3 is 0 Å². The standard InChI is InChI=1S/C17H25N3S/c1-2-12-7-5-6-10-20(12)16-15-13-8-3-4-9-14(13)21-17(15)19-11-18-16/h11-12,16H,2-10H2,1H3,(H,18,19). The van der Waals surface area contributed by atoms with E-state index in [-0.39, 0.29) is 6.17 Å². The van der Waals surface area contributed by atoms with Gasteiger partial charge in [0.25, 0.3) is 0 Å². The summed E-state index contributed by atoms with van der Waals surface area (Å²) in [7, 11) is 0. The third-order valence-electron chi connectivity index (χ3n) is 5.34. The molecule has 4 rings (SSSR count). The van der Waals surface area contributed by atoms with Crippen LogP contribution in [0, 0.1) is 0 Å². The van der Waals surface area contributed by atoms with Crippen molar-refractivity contribution in [1.82, 2.24) is 4.90 Å². The summed E-state index contributed by atoms with van der Waals surface area (Å²) in [5.74, 6) is 0. The van der Waals surface area contributed by atoms with E-state index in [1.165, 1.54) is 68.5 Å². The number of aryl methyl sites for hydroxylation is 1. The summed E-state index contributed by atoms with van der Waals surface area (Å²) < 4.78 is 0. The fraction of sp³-hybridized carbons (Fsp3) is 0.706. The van der Waals surface area contributed by atoms with Crippen LogP contribution in [0.15, 0.2) is 4.99 Å². The van der Waals surface area contributed by atoms with Gasteiger partial charge in [-0.1, -0.05) is 13.3 Å².